The summed E-state index contributed by atoms with van der Waals surface area (Å²) in [5.74, 6) is -0.719. The first-order chi connectivity index (χ1) is 16.9. The smallest absolute Gasteiger partial charge is 1.00 e. The van der Waals surface area contributed by atoms with Crippen LogP contribution in [0.4, 0.5) is 0 Å². The van der Waals surface area contributed by atoms with Crippen LogP contribution in [-0.4, -0.2) is 41.1 Å². The molecular weight excluding hydrogens is 465 g/mol. The molecule has 1 atom stereocenters. The van der Waals surface area contributed by atoms with E-state index in [2.05, 4.69) is 19.2 Å². The number of carbonyl (C=O) groups excluding carboxylic acids is 1. The average Bonchev–Trinajstić information content (AvgIpc) is 2.86. The average molecular weight is 508 g/mol. The van der Waals surface area contributed by atoms with E-state index in [0.29, 0.717) is 24.3 Å². The van der Waals surface area contributed by atoms with Gasteiger partial charge in [0.2, 0.25) is 0 Å². The molecule has 0 heterocycles. The topological polar surface area (TPSA) is 75.6 Å². The summed E-state index contributed by atoms with van der Waals surface area (Å²) >= 11 is 1.56. The van der Waals surface area contributed by atoms with Gasteiger partial charge in [0.05, 0.1) is 12.7 Å². The van der Waals surface area contributed by atoms with Gasteiger partial charge in [-0.05, 0) is 72.6 Å². The molecule has 2 aromatic rings. The third-order valence-corrected chi connectivity index (χ3v) is 6.87. The zero-order chi connectivity index (χ0) is 25.6. The van der Waals surface area contributed by atoms with Gasteiger partial charge in [0.25, 0.3) is 5.91 Å². The molecule has 7 heteroatoms. The van der Waals surface area contributed by atoms with Crippen LogP contribution in [0.2, 0.25) is 0 Å². The van der Waals surface area contributed by atoms with Gasteiger partial charge < -0.3 is 16.6 Å². The van der Waals surface area contributed by atoms with Gasteiger partial charge in [0, 0.05) is 5.56 Å². The Balaban J connectivity index is 0.00000648. The van der Waals surface area contributed by atoms with Gasteiger partial charge in [0.15, 0.2) is 0 Å². The molecule has 0 aliphatic carbocycles. The normalized spacial score (nSPS) is 11.7. The van der Waals surface area contributed by atoms with Gasteiger partial charge in [-0.3, -0.25) is 4.79 Å². The number of thioether (sulfide) groups is 1. The van der Waals surface area contributed by atoms with E-state index in [1.807, 2.05) is 49.6 Å². The van der Waals surface area contributed by atoms with Crippen LogP contribution >= 0.6 is 11.8 Å². The molecule has 1 amide bonds. The number of unbranched alkanes of at least 4 members (excludes halogenated alkanes) is 2. The first-order valence-corrected chi connectivity index (χ1v) is 14.1. The van der Waals surface area contributed by atoms with Gasteiger partial charge >= 0.3 is 24.8 Å². The van der Waals surface area contributed by atoms with Gasteiger partial charge in [-0.25, -0.2) is 4.79 Å². The molecule has 0 fully saturated rings. The van der Waals surface area contributed by atoms with Crippen LogP contribution in [-0.2, 0) is 16.1 Å². The number of aliphatic carboxylic acids is 1. The van der Waals surface area contributed by atoms with E-state index in [0.717, 1.165) is 60.8 Å². The number of amides is 1. The molecule has 0 saturated carbocycles. The van der Waals surface area contributed by atoms with E-state index in [4.69, 9.17) is 4.74 Å². The molecule has 0 radical (unpaired) electrons. The first kappa shape index (κ1) is 32.3. The Hall–Kier alpha value is -1.71. The predicted octanol–water partition coefficient (Wildman–Crippen LogP) is 3.98. The van der Waals surface area contributed by atoms with Crippen LogP contribution in [0.1, 0.15) is 81.7 Å². The fourth-order valence-corrected chi connectivity index (χ4v) is 4.57. The van der Waals surface area contributed by atoms with Crippen molar-refractivity contribution < 1.29 is 39.7 Å². The van der Waals surface area contributed by atoms with Gasteiger partial charge in [-0.15, -0.1) is 0 Å². The molecule has 0 unspecified atom stereocenters. The van der Waals surface area contributed by atoms with E-state index in [-0.39, 0.29) is 32.3 Å². The van der Waals surface area contributed by atoms with Crippen LogP contribution in [0.5, 0.6) is 0 Å². The van der Waals surface area contributed by atoms with Crippen molar-refractivity contribution in [3.63, 3.8) is 0 Å². The summed E-state index contributed by atoms with van der Waals surface area (Å²) in [4.78, 5) is 24.9. The molecule has 0 bridgehead atoms. The minimum atomic E-state index is -1.01. The predicted molar refractivity (Wildman–Crippen MR) is 147 cm³/mol. The van der Waals surface area contributed by atoms with Gasteiger partial charge in [-0.1, -0.05) is 69.9 Å². The number of rotatable bonds is 16. The van der Waals surface area contributed by atoms with Crippen molar-refractivity contribution in [3.8, 4) is 11.1 Å². The van der Waals surface area contributed by atoms with Crippen LogP contribution in [0.3, 0.4) is 0 Å². The van der Waals surface area contributed by atoms with Crippen molar-refractivity contribution >= 4 is 23.6 Å². The number of ether oxygens (including phenoxy) is 1. The third kappa shape index (κ3) is 10.3. The summed E-state index contributed by atoms with van der Waals surface area (Å²) in [5.41, 5.74) is 4.31. The summed E-state index contributed by atoms with van der Waals surface area (Å²) in [7, 11) is 0. The second-order valence-electron chi connectivity index (χ2n) is 9.06. The van der Waals surface area contributed by atoms with E-state index in [9.17, 15) is 14.7 Å². The number of hydrogen-bond donors (Lipinski definition) is 2. The summed E-state index contributed by atoms with van der Waals surface area (Å²) in [5, 5.41) is 12.3. The molecule has 2 rings (SSSR count). The van der Waals surface area contributed by atoms with Crippen molar-refractivity contribution in [3.05, 3.63) is 59.2 Å². The SMILES string of the molecule is CCCCC(CCCC)OCc1ccc(C(=O)N[C@@H](CCSC)C(=O)O)c(-c2ccccc2C)c1.[H-].[Li+]. The number of carbonyl (C=O) groups is 2. The van der Waals surface area contributed by atoms with Crippen molar-refractivity contribution in [1.29, 1.82) is 0 Å². The largest absolute Gasteiger partial charge is 1.00 e. The Morgan fingerprint density at radius 2 is 1.69 bits per heavy atom. The summed E-state index contributed by atoms with van der Waals surface area (Å²) in [6.45, 7) is 6.91. The Bertz CT molecular complexity index is 951. The molecule has 0 spiro atoms. The summed E-state index contributed by atoms with van der Waals surface area (Å²) < 4.78 is 6.31. The molecule has 0 aromatic heterocycles. The van der Waals surface area contributed by atoms with Crippen molar-refractivity contribution in [1.82, 2.24) is 5.32 Å². The molecule has 36 heavy (non-hydrogen) atoms. The number of carboxylic acid groups (broad SMARTS) is 1. The molecule has 0 aliphatic heterocycles. The number of nitrogens with one attached hydrogen (secondary N) is 1. The minimum absolute atomic E-state index is 0. The molecule has 0 aliphatic rings. The maximum atomic E-state index is 13.2. The first-order valence-electron chi connectivity index (χ1n) is 12.7. The van der Waals surface area contributed by atoms with Crippen LogP contribution in [0.25, 0.3) is 11.1 Å². The Kier molecular flexibility index (Phi) is 15.9. The monoisotopic (exact) mass is 507 g/mol. The summed E-state index contributed by atoms with van der Waals surface area (Å²) in [6.07, 6.45) is 9.29. The van der Waals surface area contributed by atoms with Crippen LogP contribution < -0.4 is 24.2 Å². The molecule has 2 aromatic carbocycles. The zero-order valence-electron chi connectivity index (χ0n) is 23.6. The number of hydrogen-bond acceptors (Lipinski definition) is 4. The number of benzene rings is 2. The Morgan fingerprint density at radius 1 is 1.03 bits per heavy atom. The van der Waals surface area contributed by atoms with Gasteiger partial charge in [0.1, 0.15) is 6.04 Å². The Morgan fingerprint density at radius 3 is 2.28 bits per heavy atom. The minimum Gasteiger partial charge on any atom is -1.00 e. The summed E-state index contributed by atoms with van der Waals surface area (Å²) in [6, 6.07) is 12.8. The second-order valence-corrected chi connectivity index (χ2v) is 10.0. The fourth-order valence-electron chi connectivity index (χ4n) is 4.09. The van der Waals surface area contributed by atoms with Crippen molar-refractivity contribution in [2.24, 2.45) is 0 Å². The van der Waals surface area contributed by atoms with Crippen LogP contribution in [0.15, 0.2) is 42.5 Å². The zero-order valence-corrected chi connectivity index (χ0v) is 23.5. The number of carboxylic acids is 1. The third-order valence-electron chi connectivity index (χ3n) is 6.22. The molecular formula is C29H42LiNO4S. The molecule has 194 valence electrons. The van der Waals surface area contributed by atoms with E-state index in [1.54, 1.807) is 17.8 Å². The van der Waals surface area contributed by atoms with E-state index >= 15 is 0 Å². The van der Waals surface area contributed by atoms with Crippen LogP contribution in [0, 0.1) is 6.92 Å². The van der Waals surface area contributed by atoms with Crippen molar-refractivity contribution in [2.75, 3.05) is 12.0 Å². The number of aryl methyl sites for hydroxylation is 1. The standard InChI is InChI=1S/C29H41NO4S.Li.H/c1-5-7-12-23(13-8-6-2)34-20-22-15-16-25(26(19-22)24-14-10-9-11-21(24)3)28(31)30-27(29(32)33)17-18-35-4;;/h9-11,14-16,19,23,27H,5-8,12-13,17-18,20H2,1-4H3,(H,30,31)(H,32,33);;/q;+1;-1/t27-;;/m0../s1. The van der Waals surface area contributed by atoms with E-state index < -0.39 is 12.0 Å². The maximum Gasteiger partial charge on any atom is 1.00 e. The van der Waals surface area contributed by atoms with Crippen molar-refractivity contribution in [2.45, 2.75) is 84.5 Å². The Labute approximate surface area is 234 Å². The maximum absolute atomic E-state index is 13.2. The fraction of sp³-hybridized carbons (Fsp3) is 0.517. The molecule has 5 nitrogen and oxygen atoms in total. The van der Waals surface area contributed by atoms with E-state index in [1.165, 1.54) is 0 Å². The van der Waals surface area contributed by atoms with Gasteiger partial charge in [-0.2, -0.15) is 11.8 Å². The second kappa shape index (κ2) is 17.7. The molecule has 2 N–H and O–H groups in total. The molecule has 0 saturated heterocycles. The quantitative estimate of drug-likeness (QED) is 0.336.